The zero-order valence-electron chi connectivity index (χ0n) is 12.1. The lowest BCUT2D eigenvalue weighted by Crippen LogP contribution is -2.42. The summed E-state index contributed by atoms with van der Waals surface area (Å²) in [5.41, 5.74) is 1.69. The van der Waals surface area contributed by atoms with Crippen LogP contribution in [0.15, 0.2) is 36.8 Å². The van der Waals surface area contributed by atoms with Gasteiger partial charge in [0.2, 0.25) is 0 Å². The summed E-state index contributed by atoms with van der Waals surface area (Å²) in [6.45, 7) is 5.68. The fourth-order valence-electron chi connectivity index (χ4n) is 2.45. The van der Waals surface area contributed by atoms with Crippen molar-refractivity contribution >= 4 is 5.70 Å². The number of alkyl halides is 2. The van der Waals surface area contributed by atoms with Gasteiger partial charge in [-0.1, -0.05) is 6.58 Å². The quantitative estimate of drug-likeness (QED) is 0.844. The Morgan fingerprint density at radius 1 is 1.32 bits per heavy atom. The van der Waals surface area contributed by atoms with Crippen molar-refractivity contribution in [1.82, 2.24) is 30.1 Å². The smallest absolute Gasteiger partial charge is 0.314 e. The van der Waals surface area contributed by atoms with Gasteiger partial charge in [0, 0.05) is 44.6 Å². The second kappa shape index (κ2) is 6.37. The zero-order valence-corrected chi connectivity index (χ0v) is 12.1. The molecule has 1 fully saturated rings. The highest BCUT2D eigenvalue weighted by Gasteiger charge is 2.19. The second-order valence-electron chi connectivity index (χ2n) is 5.21. The van der Waals surface area contributed by atoms with Crippen LogP contribution in [0, 0.1) is 0 Å². The number of halogens is 2. The van der Waals surface area contributed by atoms with Crippen LogP contribution < -0.4 is 5.32 Å². The summed E-state index contributed by atoms with van der Waals surface area (Å²) in [6, 6.07) is 0. The van der Waals surface area contributed by atoms with Crippen LogP contribution in [-0.2, 0) is 6.54 Å². The molecule has 0 bridgehead atoms. The Morgan fingerprint density at radius 2 is 2.09 bits per heavy atom. The first-order valence-electron chi connectivity index (χ1n) is 7.13. The maximum atomic E-state index is 12.7. The minimum Gasteiger partial charge on any atom is -0.314 e. The van der Waals surface area contributed by atoms with E-state index in [0.29, 0.717) is 5.70 Å². The lowest BCUT2D eigenvalue weighted by Gasteiger charge is -2.26. The number of hydrogen-bond acceptors (Lipinski definition) is 5. The summed E-state index contributed by atoms with van der Waals surface area (Å²) in [5, 5.41) is 11.9. The van der Waals surface area contributed by atoms with Crippen LogP contribution in [0.3, 0.4) is 0 Å². The highest BCUT2D eigenvalue weighted by Crippen LogP contribution is 2.21. The summed E-state index contributed by atoms with van der Waals surface area (Å²) < 4.78 is 25.4. The van der Waals surface area contributed by atoms with Gasteiger partial charge in [-0.2, -0.15) is 23.8 Å². The molecule has 0 radical (unpaired) electrons. The van der Waals surface area contributed by atoms with Gasteiger partial charge in [-0.15, -0.1) is 0 Å². The lowest BCUT2D eigenvalue weighted by atomic mass is 10.2. The molecule has 3 heterocycles. The van der Waals surface area contributed by atoms with E-state index in [1.54, 1.807) is 18.3 Å². The minimum atomic E-state index is -2.60. The summed E-state index contributed by atoms with van der Waals surface area (Å²) in [4.78, 5) is 4.55. The average molecular weight is 308 g/mol. The molecular formula is C14H18F2N6. The van der Waals surface area contributed by atoms with E-state index in [-0.39, 0.29) is 5.70 Å². The minimum absolute atomic E-state index is 0.216. The monoisotopic (exact) mass is 308 g/mol. The molecule has 0 unspecified atom stereocenters. The number of aromatic nitrogens is 3. The normalized spacial score (nSPS) is 19.9. The van der Waals surface area contributed by atoms with E-state index in [4.69, 9.17) is 0 Å². The molecule has 2 aliphatic rings. The predicted octanol–water partition coefficient (Wildman–Crippen LogP) is 1.09. The van der Waals surface area contributed by atoms with E-state index in [9.17, 15) is 8.78 Å². The van der Waals surface area contributed by atoms with Crippen LogP contribution in [0.2, 0.25) is 0 Å². The molecule has 0 atom stereocenters. The molecule has 2 aliphatic heterocycles. The average Bonchev–Trinajstić information content (AvgIpc) is 2.96. The Kier molecular flexibility index (Phi) is 4.30. The molecule has 8 heteroatoms. The second-order valence-corrected chi connectivity index (χ2v) is 5.21. The summed E-state index contributed by atoms with van der Waals surface area (Å²) in [5.74, 6) is 0. The summed E-state index contributed by atoms with van der Waals surface area (Å²) in [7, 11) is 0. The van der Waals surface area contributed by atoms with E-state index < -0.39 is 6.55 Å². The number of nitrogens with zero attached hydrogens (tertiary/aromatic N) is 5. The zero-order chi connectivity index (χ0) is 15.5. The van der Waals surface area contributed by atoms with Crippen molar-refractivity contribution in [3.8, 4) is 0 Å². The highest BCUT2D eigenvalue weighted by molar-refractivity contribution is 5.61. The highest BCUT2D eigenvalue weighted by atomic mass is 19.3. The lowest BCUT2D eigenvalue weighted by molar-refractivity contribution is 0.0302. The molecular weight excluding hydrogens is 290 g/mol. The maximum Gasteiger partial charge on any atom is 0.318 e. The van der Waals surface area contributed by atoms with Gasteiger partial charge < -0.3 is 5.32 Å². The van der Waals surface area contributed by atoms with Gasteiger partial charge in [0.25, 0.3) is 0 Å². The third-order valence-corrected chi connectivity index (χ3v) is 3.63. The molecule has 0 aliphatic carbocycles. The van der Waals surface area contributed by atoms with Crippen LogP contribution >= 0.6 is 0 Å². The van der Waals surface area contributed by atoms with Crippen LogP contribution in [0.4, 0.5) is 8.78 Å². The summed E-state index contributed by atoms with van der Waals surface area (Å²) in [6.07, 6.45) is 6.09. The van der Waals surface area contributed by atoms with E-state index in [1.807, 2.05) is 0 Å². The Balaban J connectivity index is 1.68. The van der Waals surface area contributed by atoms with E-state index in [2.05, 4.69) is 27.0 Å². The van der Waals surface area contributed by atoms with Gasteiger partial charge in [0.05, 0.1) is 17.6 Å². The number of nitrogens with one attached hydrogen (secondary N) is 1. The topological polar surface area (TPSA) is 49.2 Å². The molecule has 1 aromatic rings. The van der Waals surface area contributed by atoms with Crippen molar-refractivity contribution in [3.05, 3.63) is 42.5 Å². The van der Waals surface area contributed by atoms with Crippen molar-refractivity contribution in [1.29, 1.82) is 0 Å². The van der Waals surface area contributed by atoms with Gasteiger partial charge in [0.15, 0.2) is 0 Å². The first-order valence-corrected chi connectivity index (χ1v) is 7.13. The molecule has 0 spiro atoms. The van der Waals surface area contributed by atoms with E-state index in [0.717, 1.165) is 43.3 Å². The predicted molar refractivity (Wildman–Crippen MR) is 78.6 cm³/mol. The van der Waals surface area contributed by atoms with Gasteiger partial charge in [0.1, 0.15) is 0 Å². The van der Waals surface area contributed by atoms with Gasteiger partial charge >= 0.3 is 6.55 Å². The molecule has 118 valence electrons. The molecule has 1 N–H and O–H groups in total. The third-order valence-electron chi connectivity index (χ3n) is 3.63. The van der Waals surface area contributed by atoms with Crippen molar-refractivity contribution in [2.24, 2.45) is 0 Å². The molecule has 0 amide bonds. The Bertz CT molecular complexity index is 600. The van der Waals surface area contributed by atoms with E-state index >= 15 is 0 Å². The molecule has 0 aromatic carbocycles. The third kappa shape index (κ3) is 3.23. The Hall–Kier alpha value is -2.06. The number of allylic oxidation sites excluding steroid dienone is 3. The molecule has 3 rings (SSSR count). The van der Waals surface area contributed by atoms with Crippen molar-refractivity contribution in [2.75, 3.05) is 26.2 Å². The fourth-order valence-corrected chi connectivity index (χ4v) is 2.45. The summed E-state index contributed by atoms with van der Waals surface area (Å²) >= 11 is 0. The van der Waals surface area contributed by atoms with Crippen LogP contribution in [-0.4, -0.2) is 57.5 Å². The van der Waals surface area contributed by atoms with Crippen molar-refractivity contribution in [2.45, 2.75) is 13.1 Å². The molecule has 1 saturated heterocycles. The van der Waals surface area contributed by atoms with Gasteiger partial charge in [-0.3, -0.25) is 9.80 Å². The fraction of sp³-hybridized carbons (Fsp3) is 0.429. The number of rotatable bonds is 4. The molecule has 1 aromatic heterocycles. The Labute approximate surface area is 127 Å². The number of hydrogen-bond donors (Lipinski definition) is 1. The first kappa shape index (κ1) is 14.9. The standard InChI is InChI=1S/C14H18F2N6/c1-11-8-13(2-5-21(11)14(15)16)22-18-9-12(19-22)10-20-6-3-17-4-7-20/h2,5,8-9,14,17H,1,3-4,6-7,10H2. The van der Waals surface area contributed by atoms with Crippen LogP contribution in [0.1, 0.15) is 5.69 Å². The van der Waals surface area contributed by atoms with E-state index in [1.165, 1.54) is 11.0 Å². The molecule has 22 heavy (non-hydrogen) atoms. The SMILES string of the molecule is C=C1C=C(n2ncc(CN3CCNCC3)n2)C=CN1C(F)F. The largest absolute Gasteiger partial charge is 0.318 e. The van der Waals surface area contributed by atoms with Crippen molar-refractivity contribution < 1.29 is 8.78 Å². The number of piperazine rings is 1. The molecule has 6 nitrogen and oxygen atoms in total. The molecule has 0 saturated carbocycles. The van der Waals surface area contributed by atoms with Crippen LogP contribution in [0.25, 0.3) is 5.70 Å². The van der Waals surface area contributed by atoms with Crippen molar-refractivity contribution in [3.63, 3.8) is 0 Å². The Morgan fingerprint density at radius 3 is 2.77 bits per heavy atom. The van der Waals surface area contributed by atoms with Crippen LogP contribution in [0.5, 0.6) is 0 Å². The van der Waals surface area contributed by atoms with Gasteiger partial charge in [-0.25, -0.2) is 0 Å². The van der Waals surface area contributed by atoms with Gasteiger partial charge in [-0.05, 0) is 12.2 Å². The first-order chi connectivity index (χ1) is 10.6. The maximum absolute atomic E-state index is 12.7.